The van der Waals surface area contributed by atoms with Crippen LogP contribution in [-0.4, -0.2) is 56.7 Å². The van der Waals surface area contributed by atoms with Gasteiger partial charge in [-0.15, -0.1) is 35.3 Å². The second-order valence-electron chi connectivity index (χ2n) is 4.58. The fraction of sp³-hybridized carbons (Fsp3) is 0.643. The Morgan fingerprint density at radius 2 is 2.13 bits per heavy atom. The number of nitrogens with zero attached hydrogens (tertiary/aromatic N) is 2. The molecule has 0 saturated heterocycles. The van der Waals surface area contributed by atoms with E-state index >= 15 is 0 Å². The lowest BCUT2D eigenvalue weighted by atomic mass is 10.4. The van der Waals surface area contributed by atoms with E-state index in [0.29, 0.717) is 19.1 Å². The van der Waals surface area contributed by atoms with Crippen molar-refractivity contribution in [3.8, 4) is 0 Å². The molecule has 0 bridgehead atoms. The number of hydrogen-bond donors (Lipinski definition) is 3. The first-order chi connectivity index (χ1) is 10.7. The molecule has 0 saturated carbocycles. The van der Waals surface area contributed by atoms with Gasteiger partial charge in [0, 0.05) is 44.2 Å². The van der Waals surface area contributed by atoms with Crippen LogP contribution in [0.15, 0.2) is 11.2 Å². The third-order valence-corrected chi connectivity index (χ3v) is 3.63. The molecular weight excluding hydrogens is 429 g/mol. The maximum atomic E-state index is 11.6. The van der Waals surface area contributed by atoms with E-state index in [1.54, 1.807) is 18.4 Å². The fourth-order valence-electron chi connectivity index (χ4n) is 1.65. The van der Waals surface area contributed by atoms with Crippen molar-refractivity contribution >= 4 is 47.2 Å². The molecule has 0 aliphatic heterocycles. The van der Waals surface area contributed by atoms with Crippen LogP contribution in [0, 0.1) is 6.92 Å². The summed E-state index contributed by atoms with van der Waals surface area (Å²) in [7, 11) is 1.60. The summed E-state index contributed by atoms with van der Waals surface area (Å²) in [4.78, 5) is 21.4. The van der Waals surface area contributed by atoms with E-state index in [0.717, 1.165) is 24.5 Å². The quantitative estimate of drug-likeness (QED) is 0.223. The molecule has 0 fully saturated rings. The van der Waals surface area contributed by atoms with E-state index < -0.39 is 0 Å². The molecule has 1 heterocycles. The lowest BCUT2D eigenvalue weighted by Crippen LogP contribution is -2.39. The number of ether oxygens (including phenoxy) is 1. The zero-order chi connectivity index (χ0) is 16.2. The molecule has 9 heteroatoms. The zero-order valence-electron chi connectivity index (χ0n) is 13.8. The first kappa shape index (κ1) is 22.1. The molecule has 0 spiro atoms. The van der Waals surface area contributed by atoms with Gasteiger partial charge in [0.25, 0.3) is 0 Å². The lowest BCUT2D eigenvalue weighted by molar-refractivity contribution is -0.119. The second kappa shape index (κ2) is 13.5. The van der Waals surface area contributed by atoms with Crippen LogP contribution in [0.5, 0.6) is 0 Å². The molecule has 1 aromatic rings. The van der Waals surface area contributed by atoms with Gasteiger partial charge in [-0.3, -0.25) is 4.79 Å². The Bertz CT molecular complexity index is 481. The van der Waals surface area contributed by atoms with Crippen molar-refractivity contribution in [2.24, 2.45) is 4.99 Å². The van der Waals surface area contributed by atoms with Crippen LogP contribution in [-0.2, 0) is 16.0 Å². The second-order valence-corrected chi connectivity index (χ2v) is 5.90. The van der Waals surface area contributed by atoms with Crippen molar-refractivity contribution in [3.05, 3.63) is 16.1 Å². The standard InChI is InChI=1S/C14H25N5O2S.HI/c1-4-15-14(19-10-12(20)16-7-8-21-3)17-6-5-13-18-9-11(2)22-13;/h9H,4-8,10H2,1-3H3,(H,16,20)(H2,15,17,19);1H. The summed E-state index contributed by atoms with van der Waals surface area (Å²) in [6.07, 6.45) is 2.71. The Hall–Kier alpha value is -0.940. The summed E-state index contributed by atoms with van der Waals surface area (Å²) >= 11 is 1.69. The number of aromatic nitrogens is 1. The number of hydrogen-bond acceptors (Lipinski definition) is 5. The van der Waals surface area contributed by atoms with Crippen molar-refractivity contribution in [1.82, 2.24) is 20.9 Å². The van der Waals surface area contributed by atoms with Crippen molar-refractivity contribution in [2.45, 2.75) is 20.3 Å². The Balaban J connectivity index is 0.00000484. The van der Waals surface area contributed by atoms with Crippen LogP contribution < -0.4 is 16.0 Å². The molecule has 0 radical (unpaired) electrons. The molecule has 1 aromatic heterocycles. The lowest BCUT2D eigenvalue weighted by Gasteiger charge is -2.10. The summed E-state index contributed by atoms with van der Waals surface area (Å²) in [5.41, 5.74) is 0. The molecule has 23 heavy (non-hydrogen) atoms. The first-order valence-corrected chi connectivity index (χ1v) is 8.16. The molecule has 0 aliphatic rings. The molecule has 3 N–H and O–H groups in total. The van der Waals surface area contributed by atoms with Crippen molar-refractivity contribution in [2.75, 3.05) is 39.9 Å². The van der Waals surface area contributed by atoms with Gasteiger partial charge >= 0.3 is 0 Å². The summed E-state index contributed by atoms with van der Waals surface area (Å²) in [5.74, 6) is 0.516. The minimum absolute atomic E-state index is 0. The summed E-state index contributed by atoms with van der Waals surface area (Å²) in [5, 5.41) is 10.1. The number of amides is 1. The third-order valence-electron chi connectivity index (χ3n) is 2.65. The monoisotopic (exact) mass is 455 g/mol. The van der Waals surface area contributed by atoms with Crippen molar-refractivity contribution in [3.63, 3.8) is 0 Å². The molecule has 1 rings (SSSR count). The van der Waals surface area contributed by atoms with Crippen molar-refractivity contribution < 1.29 is 9.53 Å². The summed E-state index contributed by atoms with van der Waals surface area (Å²) < 4.78 is 4.87. The van der Waals surface area contributed by atoms with Crippen LogP contribution in [0.3, 0.4) is 0 Å². The fourth-order valence-corrected chi connectivity index (χ4v) is 2.43. The van der Waals surface area contributed by atoms with Gasteiger partial charge in [-0.25, -0.2) is 9.98 Å². The maximum Gasteiger partial charge on any atom is 0.241 e. The molecule has 132 valence electrons. The Morgan fingerprint density at radius 3 is 2.74 bits per heavy atom. The topological polar surface area (TPSA) is 87.6 Å². The predicted octanol–water partition coefficient (Wildman–Crippen LogP) is 0.930. The molecule has 7 nitrogen and oxygen atoms in total. The average Bonchev–Trinajstić information content (AvgIpc) is 2.90. The number of guanidine groups is 1. The number of rotatable bonds is 9. The van der Waals surface area contributed by atoms with E-state index in [4.69, 9.17) is 4.74 Å². The molecule has 0 atom stereocenters. The number of carbonyl (C=O) groups is 1. The highest BCUT2D eigenvalue weighted by atomic mass is 127. The van der Waals surface area contributed by atoms with Gasteiger partial charge in [0.15, 0.2) is 5.96 Å². The number of aryl methyl sites for hydroxylation is 1. The van der Waals surface area contributed by atoms with Crippen LogP contribution in [0.1, 0.15) is 16.8 Å². The Morgan fingerprint density at radius 1 is 1.35 bits per heavy atom. The first-order valence-electron chi connectivity index (χ1n) is 7.34. The predicted molar refractivity (Wildman–Crippen MR) is 105 cm³/mol. The minimum Gasteiger partial charge on any atom is -0.383 e. The van der Waals surface area contributed by atoms with Gasteiger partial charge < -0.3 is 20.7 Å². The number of carbonyl (C=O) groups excluding carboxylic acids is 1. The highest BCUT2D eigenvalue weighted by Crippen LogP contribution is 2.10. The van der Waals surface area contributed by atoms with Gasteiger partial charge in [-0.05, 0) is 13.8 Å². The highest BCUT2D eigenvalue weighted by Gasteiger charge is 2.03. The van der Waals surface area contributed by atoms with E-state index in [-0.39, 0.29) is 36.4 Å². The SMILES string of the molecule is CCNC(=NCC(=O)NCCOC)NCCc1ncc(C)s1.I. The van der Waals surface area contributed by atoms with Gasteiger partial charge in [0.2, 0.25) is 5.91 Å². The summed E-state index contributed by atoms with van der Waals surface area (Å²) in [6.45, 7) is 6.59. The van der Waals surface area contributed by atoms with Crippen LogP contribution in [0.4, 0.5) is 0 Å². The molecular formula is C14H26IN5O2S. The molecule has 0 aromatic carbocycles. The third kappa shape index (κ3) is 10.4. The van der Waals surface area contributed by atoms with Gasteiger partial charge in [0.05, 0.1) is 11.6 Å². The van der Waals surface area contributed by atoms with E-state index in [2.05, 4.69) is 25.9 Å². The van der Waals surface area contributed by atoms with Crippen molar-refractivity contribution in [1.29, 1.82) is 0 Å². The van der Waals surface area contributed by atoms with Crippen LogP contribution in [0.2, 0.25) is 0 Å². The normalized spacial score (nSPS) is 10.8. The molecule has 1 amide bonds. The van der Waals surface area contributed by atoms with Gasteiger partial charge in [-0.1, -0.05) is 0 Å². The minimum atomic E-state index is -0.121. The van der Waals surface area contributed by atoms with Gasteiger partial charge in [0.1, 0.15) is 6.54 Å². The number of thiazole rings is 1. The molecule has 0 aliphatic carbocycles. The Kier molecular flexibility index (Phi) is 12.9. The maximum absolute atomic E-state index is 11.6. The smallest absolute Gasteiger partial charge is 0.241 e. The zero-order valence-corrected chi connectivity index (χ0v) is 17.0. The number of halogens is 1. The highest BCUT2D eigenvalue weighted by molar-refractivity contribution is 14.0. The Labute approximate surface area is 158 Å². The van der Waals surface area contributed by atoms with E-state index in [1.165, 1.54) is 4.88 Å². The number of nitrogens with one attached hydrogen (secondary N) is 3. The molecule has 0 unspecified atom stereocenters. The van der Waals surface area contributed by atoms with E-state index in [9.17, 15) is 4.79 Å². The average molecular weight is 455 g/mol. The van der Waals surface area contributed by atoms with E-state index in [1.807, 2.05) is 20.0 Å². The van der Waals surface area contributed by atoms with Crippen LogP contribution >= 0.6 is 35.3 Å². The largest absolute Gasteiger partial charge is 0.383 e. The number of methoxy groups -OCH3 is 1. The number of aliphatic imine (C=N–C) groups is 1. The summed E-state index contributed by atoms with van der Waals surface area (Å²) in [6, 6.07) is 0. The van der Waals surface area contributed by atoms with Crippen LogP contribution in [0.25, 0.3) is 0 Å². The van der Waals surface area contributed by atoms with Gasteiger partial charge in [-0.2, -0.15) is 0 Å².